The molecule has 3 amide bonds. The Morgan fingerprint density at radius 3 is 2.31 bits per heavy atom. The van der Waals surface area contributed by atoms with Gasteiger partial charge in [0.25, 0.3) is 0 Å². The summed E-state index contributed by atoms with van der Waals surface area (Å²) >= 11 is 0. The third-order valence-electron chi connectivity index (χ3n) is 8.57. The Hall–Kier alpha value is -3.43. The molecule has 0 radical (unpaired) electrons. The summed E-state index contributed by atoms with van der Waals surface area (Å²) < 4.78 is 5.91. The van der Waals surface area contributed by atoms with E-state index in [9.17, 15) is 14.4 Å². The number of carbonyl (C=O) groups is 3. The number of benzene rings is 2. The van der Waals surface area contributed by atoms with Crippen molar-refractivity contribution in [3.8, 4) is 5.75 Å². The van der Waals surface area contributed by atoms with Gasteiger partial charge >= 0.3 is 0 Å². The number of amides is 3. The molecule has 0 spiro atoms. The molecule has 228 valence electrons. The van der Waals surface area contributed by atoms with Gasteiger partial charge in [0.05, 0.1) is 40.8 Å². The first-order valence-corrected chi connectivity index (χ1v) is 15.1. The van der Waals surface area contributed by atoms with Crippen molar-refractivity contribution in [1.29, 1.82) is 0 Å². The van der Waals surface area contributed by atoms with Crippen molar-refractivity contribution in [3.63, 3.8) is 0 Å². The van der Waals surface area contributed by atoms with Crippen LogP contribution in [0, 0.1) is 5.92 Å². The van der Waals surface area contributed by atoms with E-state index in [0.29, 0.717) is 30.3 Å². The number of rotatable bonds is 12. The van der Waals surface area contributed by atoms with Crippen LogP contribution in [0.1, 0.15) is 36.8 Å². The van der Waals surface area contributed by atoms with Gasteiger partial charge in [-0.3, -0.25) is 14.4 Å². The van der Waals surface area contributed by atoms with Gasteiger partial charge < -0.3 is 30.1 Å². The molecule has 0 aromatic heterocycles. The van der Waals surface area contributed by atoms with E-state index in [2.05, 4.69) is 37.1 Å². The van der Waals surface area contributed by atoms with Crippen molar-refractivity contribution in [2.24, 2.45) is 5.92 Å². The minimum absolute atomic E-state index is 0.0103. The zero-order valence-corrected chi connectivity index (χ0v) is 25.8. The Balaban J connectivity index is 1.47. The van der Waals surface area contributed by atoms with E-state index in [0.717, 1.165) is 42.7 Å². The van der Waals surface area contributed by atoms with Crippen LogP contribution in [0.15, 0.2) is 54.6 Å². The van der Waals surface area contributed by atoms with Crippen molar-refractivity contribution in [1.82, 2.24) is 20.9 Å². The van der Waals surface area contributed by atoms with Gasteiger partial charge in [-0.25, -0.2) is 0 Å². The number of likely N-dealkylation sites (N-methyl/N-ethyl adjacent to an activating group) is 1. The van der Waals surface area contributed by atoms with Crippen LogP contribution in [0.4, 0.5) is 0 Å². The Labute approximate surface area is 250 Å². The molecular weight excluding hydrogens is 530 g/mol. The first-order chi connectivity index (χ1) is 20.1. The predicted octanol–water partition coefficient (Wildman–Crippen LogP) is 2.15. The summed E-state index contributed by atoms with van der Waals surface area (Å²) in [7, 11) is 9.74. The van der Waals surface area contributed by atoms with Gasteiger partial charge in [0.1, 0.15) is 17.8 Å². The third kappa shape index (κ3) is 8.10. The highest BCUT2D eigenvalue weighted by Crippen LogP contribution is 2.34. The number of methoxy groups -OCH3 is 1. The van der Waals surface area contributed by atoms with Gasteiger partial charge in [-0.15, -0.1) is 0 Å². The van der Waals surface area contributed by atoms with E-state index in [4.69, 9.17) is 4.74 Å². The van der Waals surface area contributed by atoms with Crippen molar-refractivity contribution in [2.75, 3.05) is 48.4 Å². The molecule has 0 aliphatic carbocycles. The van der Waals surface area contributed by atoms with E-state index in [-0.39, 0.29) is 29.7 Å². The second kappa shape index (κ2) is 14.2. The number of fused-ring (bicyclic) bond motifs is 1. The topological polar surface area (TPSA) is 99.8 Å². The second-order valence-corrected chi connectivity index (χ2v) is 12.7. The Morgan fingerprint density at radius 2 is 1.67 bits per heavy atom. The normalized spacial score (nSPS) is 23.1. The standard InChI is InChI=1S/C33H47N5O4/c1-34-28(21-24-9-7-6-8-10-24)31(39)36-30-25(22-38(2,3)4)13-14-26-15-18-29(37(26)33(30)41)32(40)35-20-19-23-11-16-27(42-5)17-12-23/h6-12,16-17,25-26,28-30,34H,13-15,18-22H2,1-5H3,(H-,35,36,39,40)/p+1/t25-,26+,28-,29+,30+/m1/s1. The molecule has 9 heteroatoms. The molecule has 0 bridgehead atoms. The van der Waals surface area contributed by atoms with Crippen molar-refractivity contribution < 1.29 is 23.6 Å². The van der Waals surface area contributed by atoms with E-state index < -0.39 is 18.1 Å². The molecule has 2 aromatic carbocycles. The summed E-state index contributed by atoms with van der Waals surface area (Å²) in [5.74, 6) is 0.327. The first kappa shape index (κ1) is 31.5. The van der Waals surface area contributed by atoms with E-state index in [1.807, 2.05) is 54.6 Å². The largest absolute Gasteiger partial charge is 0.497 e. The number of hydrogen-bond donors (Lipinski definition) is 3. The number of quaternary nitrogens is 1. The molecule has 0 unspecified atom stereocenters. The van der Waals surface area contributed by atoms with Gasteiger partial charge in [0, 0.05) is 18.5 Å². The predicted molar refractivity (Wildman–Crippen MR) is 164 cm³/mol. The zero-order valence-electron chi connectivity index (χ0n) is 25.8. The first-order valence-electron chi connectivity index (χ1n) is 15.1. The number of nitrogens with one attached hydrogen (secondary N) is 3. The van der Waals surface area contributed by atoms with E-state index in [1.54, 1.807) is 19.1 Å². The fourth-order valence-electron chi connectivity index (χ4n) is 6.44. The molecule has 2 heterocycles. The Morgan fingerprint density at radius 1 is 0.976 bits per heavy atom. The lowest BCUT2D eigenvalue weighted by molar-refractivity contribution is -0.874. The maximum atomic E-state index is 14.3. The summed E-state index contributed by atoms with van der Waals surface area (Å²) in [4.78, 5) is 43.1. The highest BCUT2D eigenvalue weighted by Gasteiger charge is 2.48. The van der Waals surface area contributed by atoms with E-state index >= 15 is 0 Å². The molecule has 2 aliphatic rings. The molecule has 5 atom stereocenters. The van der Waals surface area contributed by atoms with Crippen LogP contribution in [0.25, 0.3) is 0 Å². The van der Waals surface area contributed by atoms with Crippen LogP contribution in [0.2, 0.25) is 0 Å². The van der Waals surface area contributed by atoms with Gasteiger partial charge in [-0.1, -0.05) is 42.5 Å². The molecule has 42 heavy (non-hydrogen) atoms. The lowest BCUT2D eigenvalue weighted by atomic mass is 9.91. The minimum atomic E-state index is -0.681. The molecule has 2 saturated heterocycles. The smallest absolute Gasteiger partial charge is 0.246 e. The van der Waals surface area contributed by atoms with E-state index in [1.165, 1.54) is 0 Å². The molecule has 2 aliphatic heterocycles. The van der Waals surface area contributed by atoms with Gasteiger partial charge in [-0.2, -0.15) is 0 Å². The fourth-order valence-corrected chi connectivity index (χ4v) is 6.44. The monoisotopic (exact) mass is 578 g/mol. The SMILES string of the molecule is CN[C@H](Cc1ccccc1)C(=O)N[C@@H]1C(=O)N2[C@@H](CC[C@@H]1C[N+](C)(C)C)CC[C@H]2C(=O)NCCc1ccc(OC)cc1. The highest BCUT2D eigenvalue weighted by atomic mass is 16.5. The Kier molecular flexibility index (Phi) is 10.6. The lowest BCUT2D eigenvalue weighted by Gasteiger charge is -2.35. The summed E-state index contributed by atoms with van der Waals surface area (Å²) in [5, 5.41) is 9.36. The maximum Gasteiger partial charge on any atom is 0.246 e. The van der Waals surface area contributed by atoms with Gasteiger partial charge in [0.2, 0.25) is 17.7 Å². The van der Waals surface area contributed by atoms with Crippen molar-refractivity contribution in [3.05, 3.63) is 65.7 Å². The molecule has 2 fully saturated rings. The number of hydrogen-bond acceptors (Lipinski definition) is 5. The van der Waals surface area contributed by atoms with Crippen LogP contribution in [-0.4, -0.2) is 99.7 Å². The quantitative estimate of drug-likeness (QED) is 0.335. The van der Waals surface area contributed by atoms with Crippen molar-refractivity contribution >= 4 is 17.7 Å². The molecule has 2 aromatic rings. The summed E-state index contributed by atoms with van der Waals surface area (Å²) in [6, 6.07) is 16.0. The minimum Gasteiger partial charge on any atom is -0.497 e. The van der Waals surface area contributed by atoms with Crippen LogP contribution >= 0.6 is 0 Å². The Bertz CT molecular complexity index is 1200. The lowest BCUT2D eigenvalue weighted by Crippen LogP contribution is -2.60. The number of ether oxygens (including phenoxy) is 1. The van der Waals surface area contributed by atoms with Gasteiger partial charge in [0.15, 0.2) is 0 Å². The molecular formula is C33H48N5O4+. The zero-order chi connectivity index (χ0) is 30.3. The summed E-state index contributed by atoms with van der Waals surface area (Å²) in [6.45, 7) is 1.24. The fraction of sp³-hybridized carbons (Fsp3) is 0.545. The average Bonchev–Trinajstić information content (AvgIpc) is 3.36. The summed E-state index contributed by atoms with van der Waals surface area (Å²) in [5.41, 5.74) is 2.15. The molecule has 3 N–H and O–H groups in total. The number of nitrogens with zero attached hydrogens (tertiary/aromatic N) is 2. The molecule has 0 saturated carbocycles. The average molecular weight is 579 g/mol. The molecule has 9 nitrogen and oxygen atoms in total. The van der Waals surface area contributed by atoms with Crippen LogP contribution in [0.5, 0.6) is 5.75 Å². The summed E-state index contributed by atoms with van der Waals surface area (Å²) in [6.07, 6.45) is 4.30. The molecule has 4 rings (SSSR count). The second-order valence-electron chi connectivity index (χ2n) is 12.7. The number of carbonyl (C=O) groups excluding carboxylic acids is 3. The van der Waals surface area contributed by atoms with Crippen LogP contribution in [-0.2, 0) is 27.2 Å². The van der Waals surface area contributed by atoms with Crippen molar-refractivity contribution in [2.45, 2.75) is 62.7 Å². The van der Waals surface area contributed by atoms with Crippen LogP contribution in [0.3, 0.4) is 0 Å². The van der Waals surface area contributed by atoms with Gasteiger partial charge in [-0.05, 0) is 68.8 Å². The van der Waals surface area contributed by atoms with Crippen LogP contribution < -0.4 is 20.7 Å². The maximum absolute atomic E-state index is 14.3. The third-order valence-corrected chi connectivity index (χ3v) is 8.57. The highest BCUT2D eigenvalue weighted by molar-refractivity contribution is 5.94.